The number of nitrogens with zero attached hydrogens (tertiary/aromatic N) is 2. The lowest BCUT2D eigenvalue weighted by Gasteiger charge is -2.07. The van der Waals surface area contributed by atoms with Gasteiger partial charge in [-0.15, -0.1) is 0 Å². The second-order valence-electron chi connectivity index (χ2n) is 3.59. The molecule has 4 heteroatoms. The third-order valence-electron chi connectivity index (χ3n) is 1.89. The van der Waals surface area contributed by atoms with Gasteiger partial charge in [-0.3, -0.25) is 4.79 Å². The molecule has 0 radical (unpaired) electrons. The molecule has 0 aliphatic rings. The number of primary amides is 1. The van der Waals surface area contributed by atoms with Crippen molar-refractivity contribution >= 4 is 5.91 Å². The van der Waals surface area contributed by atoms with E-state index in [9.17, 15) is 4.79 Å². The highest BCUT2D eigenvalue weighted by Crippen LogP contribution is 2.08. The van der Waals surface area contributed by atoms with Gasteiger partial charge in [-0.25, -0.2) is 4.98 Å². The second-order valence-corrected chi connectivity index (χ2v) is 3.59. The van der Waals surface area contributed by atoms with Gasteiger partial charge in [-0.1, -0.05) is 13.8 Å². The predicted octanol–water partition coefficient (Wildman–Crippen LogP) is 0.946. The van der Waals surface area contributed by atoms with Crippen LogP contribution in [0.1, 0.15) is 30.0 Å². The third kappa shape index (κ3) is 2.08. The standard InChI is InChI=1S/C9H15N3O/c1-6(2)4-12-5-11-8(7(12)3)9(10)13/h5-6H,4H2,1-3H3,(H2,10,13). The molecule has 0 fully saturated rings. The van der Waals surface area contributed by atoms with E-state index >= 15 is 0 Å². The van der Waals surface area contributed by atoms with Gasteiger partial charge in [0.15, 0.2) is 0 Å². The molecule has 4 nitrogen and oxygen atoms in total. The summed E-state index contributed by atoms with van der Waals surface area (Å²) in [6.07, 6.45) is 1.66. The number of rotatable bonds is 3. The first-order chi connectivity index (χ1) is 6.02. The predicted molar refractivity (Wildman–Crippen MR) is 50.3 cm³/mol. The smallest absolute Gasteiger partial charge is 0.269 e. The molecule has 0 aromatic carbocycles. The van der Waals surface area contributed by atoms with E-state index < -0.39 is 5.91 Å². The Morgan fingerprint density at radius 1 is 1.69 bits per heavy atom. The fourth-order valence-corrected chi connectivity index (χ4v) is 1.26. The van der Waals surface area contributed by atoms with Crippen LogP contribution < -0.4 is 5.73 Å². The van der Waals surface area contributed by atoms with Crippen molar-refractivity contribution in [2.24, 2.45) is 11.7 Å². The lowest BCUT2D eigenvalue weighted by molar-refractivity contribution is 0.0995. The van der Waals surface area contributed by atoms with Crippen molar-refractivity contribution in [1.29, 1.82) is 0 Å². The Morgan fingerprint density at radius 2 is 2.31 bits per heavy atom. The first kappa shape index (κ1) is 9.77. The quantitative estimate of drug-likeness (QED) is 0.754. The lowest BCUT2D eigenvalue weighted by Crippen LogP contribution is -2.14. The first-order valence-corrected chi connectivity index (χ1v) is 4.34. The molecule has 1 aromatic heterocycles. The van der Waals surface area contributed by atoms with Crippen molar-refractivity contribution in [3.8, 4) is 0 Å². The van der Waals surface area contributed by atoms with Crippen LogP contribution in [0.3, 0.4) is 0 Å². The summed E-state index contributed by atoms with van der Waals surface area (Å²) < 4.78 is 1.95. The maximum atomic E-state index is 10.9. The van der Waals surface area contributed by atoms with Crippen LogP contribution in [0.5, 0.6) is 0 Å². The molecular weight excluding hydrogens is 166 g/mol. The lowest BCUT2D eigenvalue weighted by atomic mass is 10.2. The molecule has 13 heavy (non-hydrogen) atoms. The van der Waals surface area contributed by atoms with Crippen LogP contribution >= 0.6 is 0 Å². The Kier molecular flexibility index (Phi) is 2.70. The number of aromatic nitrogens is 2. The van der Waals surface area contributed by atoms with E-state index in [4.69, 9.17) is 5.73 Å². The van der Waals surface area contributed by atoms with Gasteiger partial charge in [0, 0.05) is 12.2 Å². The molecule has 1 rings (SSSR count). The summed E-state index contributed by atoms with van der Waals surface area (Å²) in [4.78, 5) is 14.8. The monoisotopic (exact) mass is 181 g/mol. The van der Waals surface area contributed by atoms with E-state index in [1.807, 2.05) is 11.5 Å². The minimum Gasteiger partial charge on any atom is -0.364 e. The number of amides is 1. The van der Waals surface area contributed by atoms with Gasteiger partial charge in [0.05, 0.1) is 6.33 Å². The van der Waals surface area contributed by atoms with Crippen molar-refractivity contribution in [3.63, 3.8) is 0 Å². The van der Waals surface area contributed by atoms with E-state index in [0.717, 1.165) is 12.2 Å². The summed E-state index contributed by atoms with van der Waals surface area (Å²) in [6, 6.07) is 0. The number of carbonyl (C=O) groups excluding carboxylic acids is 1. The summed E-state index contributed by atoms with van der Waals surface area (Å²) in [5.74, 6) is 0.0774. The zero-order chi connectivity index (χ0) is 10.0. The van der Waals surface area contributed by atoms with Crippen molar-refractivity contribution in [1.82, 2.24) is 9.55 Å². The SMILES string of the molecule is Cc1c(C(N)=O)ncn1CC(C)C. The van der Waals surface area contributed by atoms with Gasteiger partial charge in [0.25, 0.3) is 5.91 Å². The molecule has 1 heterocycles. The number of hydrogen-bond acceptors (Lipinski definition) is 2. The van der Waals surface area contributed by atoms with E-state index in [0.29, 0.717) is 11.6 Å². The van der Waals surface area contributed by atoms with Crippen LogP contribution in [0.15, 0.2) is 6.33 Å². The average molecular weight is 181 g/mol. The second kappa shape index (κ2) is 3.60. The van der Waals surface area contributed by atoms with Gasteiger partial charge in [0.1, 0.15) is 5.69 Å². The average Bonchev–Trinajstić information content (AvgIpc) is 2.32. The maximum Gasteiger partial charge on any atom is 0.269 e. The molecule has 1 amide bonds. The molecule has 0 spiro atoms. The molecule has 0 aliphatic heterocycles. The highest BCUT2D eigenvalue weighted by atomic mass is 16.1. The topological polar surface area (TPSA) is 60.9 Å². The fraction of sp³-hybridized carbons (Fsp3) is 0.556. The number of imidazole rings is 1. The van der Waals surface area contributed by atoms with Gasteiger partial charge in [0.2, 0.25) is 0 Å². The Hall–Kier alpha value is -1.32. The van der Waals surface area contributed by atoms with E-state index in [1.54, 1.807) is 6.33 Å². The molecule has 0 saturated carbocycles. The third-order valence-corrected chi connectivity index (χ3v) is 1.89. The van der Waals surface area contributed by atoms with Crippen LogP contribution in [0.25, 0.3) is 0 Å². The van der Waals surface area contributed by atoms with E-state index in [1.165, 1.54) is 0 Å². The van der Waals surface area contributed by atoms with Crippen LogP contribution in [-0.4, -0.2) is 15.5 Å². The maximum absolute atomic E-state index is 10.9. The number of hydrogen-bond donors (Lipinski definition) is 1. The Bertz CT molecular complexity index is 315. The van der Waals surface area contributed by atoms with E-state index in [2.05, 4.69) is 18.8 Å². The minimum atomic E-state index is -0.458. The van der Waals surface area contributed by atoms with Gasteiger partial charge < -0.3 is 10.3 Å². The highest BCUT2D eigenvalue weighted by Gasteiger charge is 2.11. The molecule has 0 aliphatic carbocycles. The number of nitrogens with two attached hydrogens (primary N) is 1. The van der Waals surface area contributed by atoms with Crippen molar-refractivity contribution in [3.05, 3.63) is 17.7 Å². The van der Waals surface area contributed by atoms with Gasteiger partial charge in [-0.2, -0.15) is 0 Å². The summed E-state index contributed by atoms with van der Waals surface area (Å²) in [5, 5.41) is 0. The van der Waals surface area contributed by atoms with Crippen molar-refractivity contribution in [2.45, 2.75) is 27.3 Å². The van der Waals surface area contributed by atoms with Crippen LogP contribution in [0.2, 0.25) is 0 Å². The summed E-state index contributed by atoms with van der Waals surface area (Å²) in [7, 11) is 0. The summed E-state index contributed by atoms with van der Waals surface area (Å²) in [5.41, 5.74) is 6.37. The Balaban J connectivity index is 2.93. The zero-order valence-corrected chi connectivity index (χ0v) is 8.24. The molecule has 0 saturated heterocycles. The van der Waals surface area contributed by atoms with Crippen LogP contribution in [0, 0.1) is 12.8 Å². The zero-order valence-electron chi connectivity index (χ0n) is 8.24. The molecule has 0 atom stereocenters. The van der Waals surface area contributed by atoms with Crippen LogP contribution in [0.4, 0.5) is 0 Å². The van der Waals surface area contributed by atoms with E-state index in [-0.39, 0.29) is 0 Å². The fourth-order valence-electron chi connectivity index (χ4n) is 1.26. The Labute approximate surface area is 77.8 Å². The minimum absolute atomic E-state index is 0.376. The molecule has 1 aromatic rings. The molecule has 0 unspecified atom stereocenters. The first-order valence-electron chi connectivity index (χ1n) is 4.34. The normalized spacial score (nSPS) is 10.8. The van der Waals surface area contributed by atoms with Gasteiger partial charge >= 0.3 is 0 Å². The summed E-state index contributed by atoms with van der Waals surface area (Å²) in [6.45, 7) is 6.95. The van der Waals surface area contributed by atoms with Crippen molar-refractivity contribution in [2.75, 3.05) is 0 Å². The Morgan fingerprint density at radius 3 is 2.69 bits per heavy atom. The van der Waals surface area contributed by atoms with Gasteiger partial charge in [-0.05, 0) is 12.8 Å². The largest absolute Gasteiger partial charge is 0.364 e. The summed E-state index contributed by atoms with van der Waals surface area (Å²) >= 11 is 0. The number of carbonyl (C=O) groups is 1. The molecule has 0 bridgehead atoms. The highest BCUT2D eigenvalue weighted by molar-refractivity contribution is 5.91. The molecule has 2 N–H and O–H groups in total. The van der Waals surface area contributed by atoms with Crippen molar-refractivity contribution < 1.29 is 4.79 Å². The molecular formula is C9H15N3O. The van der Waals surface area contributed by atoms with Crippen LogP contribution in [-0.2, 0) is 6.54 Å². The molecule has 72 valence electrons.